The molecule has 1 aromatic rings. The van der Waals surface area contributed by atoms with Gasteiger partial charge in [0, 0.05) is 23.8 Å². The minimum absolute atomic E-state index is 0.126. The molecular weight excluding hydrogens is 260 g/mol. The maximum atomic E-state index is 13.1. The van der Waals surface area contributed by atoms with Crippen molar-refractivity contribution >= 4 is 17.3 Å². The zero-order valence-electron chi connectivity index (χ0n) is 13.2. The van der Waals surface area contributed by atoms with Gasteiger partial charge < -0.3 is 10.6 Å². The number of nitrogens with two attached hydrogens (primary N) is 1. The van der Waals surface area contributed by atoms with Gasteiger partial charge in [-0.3, -0.25) is 4.79 Å². The van der Waals surface area contributed by atoms with Crippen LogP contribution in [0.5, 0.6) is 0 Å². The molecule has 3 nitrogen and oxygen atoms in total. The topological polar surface area (TPSA) is 46.3 Å². The average Bonchev–Trinajstić information content (AvgIpc) is 2.45. The van der Waals surface area contributed by atoms with Crippen molar-refractivity contribution in [3.8, 4) is 0 Å². The first-order valence-electron chi connectivity index (χ1n) is 8.19. The van der Waals surface area contributed by atoms with Gasteiger partial charge in [-0.2, -0.15) is 0 Å². The SMILES string of the molecule is CC1(C)CCCCC1C(=O)N1CCCc2cc(N)ccc21. The highest BCUT2D eigenvalue weighted by Crippen LogP contribution is 2.43. The summed E-state index contributed by atoms with van der Waals surface area (Å²) in [5.41, 5.74) is 9.11. The Morgan fingerprint density at radius 3 is 2.86 bits per heavy atom. The van der Waals surface area contributed by atoms with E-state index in [2.05, 4.69) is 13.8 Å². The molecule has 21 heavy (non-hydrogen) atoms. The number of aryl methyl sites for hydroxylation is 1. The first-order chi connectivity index (χ1) is 9.99. The van der Waals surface area contributed by atoms with Crippen LogP contribution in [0.4, 0.5) is 11.4 Å². The number of fused-ring (bicyclic) bond motifs is 1. The van der Waals surface area contributed by atoms with Crippen LogP contribution in [-0.2, 0) is 11.2 Å². The lowest BCUT2D eigenvalue weighted by atomic mass is 9.68. The predicted molar refractivity (Wildman–Crippen MR) is 87.3 cm³/mol. The number of carbonyl (C=O) groups excluding carboxylic acids is 1. The van der Waals surface area contributed by atoms with Crippen molar-refractivity contribution in [2.45, 2.75) is 52.4 Å². The molecule has 0 spiro atoms. The molecular formula is C18H26N2O. The van der Waals surface area contributed by atoms with Crippen LogP contribution in [0.3, 0.4) is 0 Å². The molecule has 2 aliphatic rings. The Morgan fingerprint density at radius 1 is 1.29 bits per heavy atom. The van der Waals surface area contributed by atoms with Crippen molar-refractivity contribution in [2.75, 3.05) is 17.2 Å². The number of anilines is 2. The summed E-state index contributed by atoms with van der Waals surface area (Å²) in [6.45, 7) is 5.35. The molecule has 1 fully saturated rings. The molecule has 1 aliphatic heterocycles. The molecule has 0 radical (unpaired) electrons. The highest BCUT2D eigenvalue weighted by Gasteiger charge is 2.40. The smallest absolute Gasteiger partial charge is 0.230 e. The van der Waals surface area contributed by atoms with Gasteiger partial charge in [-0.1, -0.05) is 26.7 Å². The van der Waals surface area contributed by atoms with Crippen LogP contribution in [0.1, 0.15) is 51.5 Å². The molecule has 0 aromatic heterocycles. The number of rotatable bonds is 1. The highest BCUT2D eigenvalue weighted by atomic mass is 16.2. The van der Waals surface area contributed by atoms with E-state index in [0.717, 1.165) is 43.6 Å². The Morgan fingerprint density at radius 2 is 2.10 bits per heavy atom. The van der Waals surface area contributed by atoms with Gasteiger partial charge in [-0.05, 0) is 54.9 Å². The number of carbonyl (C=O) groups is 1. The number of hydrogen-bond donors (Lipinski definition) is 1. The van der Waals surface area contributed by atoms with Crippen molar-refractivity contribution in [3.63, 3.8) is 0 Å². The lowest BCUT2D eigenvalue weighted by Crippen LogP contribution is -2.45. The highest BCUT2D eigenvalue weighted by molar-refractivity contribution is 5.96. The summed E-state index contributed by atoms with van der Waals surface area (Å²) in [4.78, 5) is 15.1. The molecule has 2 N–H and O–H groups in total. The van der Waals surface area contributed by atoms with E-state index in [0.29, 0.717) is 5.91 Å². The van der Waals surface area contributed by atoms with E-state index >= 15 is 0 Å². The van der Waals surface area contributed by atoms with Crippen molar-refractivity contribution < 1.29 is 4.79 Å². The van der Waals surface area contributed by atoms with E-state index < -0.39 is 0 Å². The van der Waals surface area contributed by atoms with Crippen LogP contribution in [0.2, 0.25) is 0 Å². The fourth-order valence-electron chi connectivity index (χ4n) is 3.99. The number of nitrogens with zero attached hydrogens (tertiary/aromatic N) is 1. The van der Waals surface area contributed by atoms with E-state index in [-0.39, 0.29) is 11.3 Å². The lowest BCUT2D eigenvalue weighted by Gasteiger charge is -2.41. The van der Waals surface area contributed by atoms with Crippen molar-refractivity contribution in [1.29, 1.82) is 0 Å². The quantitative estimate of drug-likeness (QED) is 0.799. The van der Waals surface area contributed by atoms with Crippen molar-refractivity contribution in [3.05, 3.63) is 23.8 Å². The van der Waals surface area contributed by atoms with Crippen LogP contribution >= 0.6 is 0 Å². The Labute approximate surface area is 127 Å². The van der Waals surface area contributed by atoms with E-state index in [4.69, 9.17) is 5.73 Å². The number of nitrogen functional groups attached to an aromatic ring is 1. The van der Waals surface area contributed by atoms with Gasteiger partial charge in [0.25, 0.3) is 0 Å². The van der Waals surface area contributed by atoms with Crippen molar-refractivity contribution in [1.82, 2.24) is 0 Å². The number of hydrogen-bond acceptors (Lipinski definition) is 2. The molecule has 1 atom stereocenters. The fraction of sp³-hybridized carbons (Fsp3) is 0.611. The average molecular weight is 286 g/mol. The Balaban J connectivity index is 1.89. The maximum absolute atomic E-state index is 13.1. The molecule has 1 amide bonds. The van der Waals surface area contributed by atoms with Gasteiger partial charge >= 0.3 is 0 Å². The summed E-state index contributed by atoms with van der Waals surface area (Å²) in [7, 11) is 0. The van der Waals surface area contributed by atoms with Gasteiger partial charge in [-0.15, -0.1) is 0 Å². The maximum Gasteiger partial charge on any atom is 0.230 e. The summed E-state index contributed by atoms with van der Waals surface area (Å²) in [6.07, 6.45) is 6.69. The molecule has 3 heteroatoms. The summed E-state index contributed by atoms with van der Waals surface area (Å²) in [5.74, 6) is 0.486. The molecule has 0 bridgehead atoms. The van der Waals surface area contributed by atoms with Crippen LogP contribution in [0.25, 0.3) is 0 Å². The Kier molecular flexibility index (Phi) is 3.68. The minimum atomic E-state index is 0.126. The largest absolute Gasteiger partial charge is 0.399 e. The molecule has 1 saturated carbocycles. The van der Waals surface area contributed by atoms with Crippen LogP contribution in [0, 0.1) is 11.3 Å². The van der Waals surface area contributed by atoms with Gasteiger partial charge in [0.05, 0.1) is 0 Å². The van der Waals surface area contributed by atoms with Gasteiger partial charge in [0.1, 0.15) is 0 Å². The van der Waals surface area contributed by atoms with Crippen LogP contribution in [0.15, 0.2) is 18.2 Å². The summed E-state index contributed by atoms with van der Waals surface area (Å²) < 4.78 is 0. The summed E-state index contributed by atoms with van der Waals surface area (Å²) >= 11 is 0. The van der Waals surface area contributed by atoms with E-state index in [1.54, 1.807) is 0 Å². The summed E-state index contributed by atoms with van der Waals surface area (Å²) in [6, 6.07) is 5.97. The summed E-state index contributed by atoms with van der Waals surface area (Å²) in [5, 5.41) is 0. The Bertz CT molecular complexity index is 550. The zero-order chi connectivity index (χ0) is 15.0. The number of benzene rings is 1. The zero-order valence-corrected chi connectivity index (χ0v) is 13.2. The van der Waals surface area contributed by atoms with Gasteiger partial charge in [0.15, 0.2) is 0 Å². The number of amides is 1. The van der Waals surface area contributed by atoms with Gasteiger partial charge in [-0.25, -0.2) is 0 Å². The second-order valence-electron chi connectivity index (χ2n) is 7.27. The predicted octanol–water partition coefficient (Wildman–Crippen LogP) is 3.76. The molecule has 3 rings (SSSR count). The van der Waals surface area contributed by atoms with Crippen LogP contribution in [-0.4, -0.2) is 12.5 Å². The first-order valence-corrected chi connectivity index (χ1v) is 8.19. The third-order valence-electron chi connectivity index (χ3n) is 5.29. The third-order valence-corrected chi connectivity index (χ3v) is 5.29. The van der Waals surface area contributed by atoms with E-state index in [1.165, 1.54) is 18.4 Å². The van der Waals surface area contributed by atoms with E-state index in [9.17, 15) is 4.79 Å². The minimum Gasteiger partial charge on any atom is -0.399 e. The molecule has 0 saturated heterocycles. The van der Waals surface area contributed by atoms with Gasteiger partial charge in [0.2, 0.25) is 5.91 Å². The Hall–Kier alpha value is -1.51. The van der Waals surface area contributed by atoms with Crippen molar-refractivity contribution in [2.24, 2.45) is 11.3 Å². The second kappa shape index (κ2) is 5.36. The molecule has 1 aliphatic carbocycles. The van der Waals surface area contributed by atoms with E-state index in [1.807, 2.05) is 23.1 Å². The van der Waals surface area contributed by atoms with Crippen LogP contribution < -0.4 is 10.6 Å². The molecule has 1 heterocycles. The molecule has 1 aromatic carbocycles. The second-order valence-corrected chi connectivity index (χ2v) is 7.27. The monoisotopic (exact) mass is 286 g/mol. The normalized spacial score (nSPS) is 24.5. The first kappa shape index (κ1) is 14.4. The standard InChI is InChI=1S/C18H26N2O/c1-18(2)10-4-3-7-15(18)17(21)20-11-5-6-13-12-14(19)8-9-16(13)20/h8-9,12,15H,3-7,10-11,19H2,1-2H3. The lowest BCUT2D eigenvalue weighted by molar-refractivity contribution is -0.127. The fourth-order valence-corrected chi connectivity index (χ4v) is 3.99. The third kappa shape index (κ3) is 2.66. The molecule has 114 valence electrons. The molecule has 1 unspecified atom stereocenters.